The number of nitrogens with one attached hydrogen (secondary N) is 1. The molecule has 0 aromatic rings. The molecule has 0 saturated carbocycles. The van der Waals surface area contributed by atoms with E-state index in [1.54, 1.807) is 0 Å². The van der Waals surface area contributed by atoms with E-state index in [0.29, 0.717) is 0 Å². The third kappa shape index (κ3) is 5.41. The maximum atomic E-state index is 11.9. The Balaban J connectivity index is 4.03. The molecule has 2 unspecified atom stereocenters. The average molecular weight is 214 g/mol. The van der Waals surface area contributed by atoms with Crippen LogP contribution in [0.3, 0.4) is 0 Å². The molecule has 3 nitrogen and oxygen atoms in total. The van der Waals surface area contributed by atoms with E-state index >= 15 is 0 Å². The summed E-state index contributed by atoms with van der Waals surface area (Å²) in [5.41, 5.74) is 5.65. The van der Waals surface area contributed by atoms with Gasteiger partial charge < -0.3 is 10.5 Å². The number of nitrogens with two attached hydrogens (primary N) is 1. The molecule has 0 spiro atoms. The van der Waals surface area contributed by atoms with Crippen molar-refractivity contribution in [2.45, 2.75) is 32.3 Å². The summed E-state index contributed by atoms with van der Waals surface area (Å²) < 4.78 is 40.4. The van der Waals surface area contributed by atoms with Crippen molar-refractivity contribution in [2.24, 2.45) is 11.7 Å². The third-order valence-corrected chi connectivity index (χ3v) is 1.88. The summed E-state index contributed by atoms with van der Waals surface area (Å²) in [6.07, 6.45) is -5.01. The molecular weight excluding hydrogens is 197 g/mol. The molecule has 0 bridgehead atoms. The molecular formula is C8H17F3N2O. The molecule has 2 atom stereocenters. The number of hydrogen-bond donors (Lipinski definition) is 2. The Morgan fingerprint density at radius 3 is 2.14 bits per heavy atom. The van der Waals surface area contributed by atoms with Gasteiger partial charge in [-0.05, 0) is 5.92 Å². The van der Waals surface area contributed by atoms with Crippen LogP contribution in [0.15, 0.2) is 0 Å². The lowest BCUT2D eigenvalue weighted by Crippen LogP contribution is -2.51. The zero-order valence-electron chi connectivity index (χ0n) is 8.56. The molecule has 0 rings (SSSR count). The molecule has 0 heterocycles. The van der Waals surface area contributed by atoms with Crippen molar-refractivity contribution in [2.75, 3.05) is 13.7 Å². The largest absolute Gasteiger partial charge is 0.401 e. The van der Waals surface area contributed by atoms with Gasteiger partial charge in [-0.3, -0.25) is 5.32 Å². The first-order valence-corrected chi connectivity index (χ1v) is 4.36. The zero-order chi connectivity index (χ0) is 11.4. The Kier molecular flexibility index (Phi) is 5.40. The standard InChI is InChI=1S/C8H17F3N2O/c1-5(2)6(12)7(14-3)13-4-8(9,10)11/h5-7,13H,4,12H2,1-3H3. The van der Waals surface area contributed by atoms with Gasteiger partial charge >= 0.3 is 6.18 Å². The monoisotopic (exact) mass is 214 g/mol. The van der Waals surface area contributed by atoms with Gasteiger partial charge in [-0.25, -0.2) is 0 Å². The highest BCUT2D eigenvalue weighted by atomic mass is 19.4. The molecule has 0 saturated heterocycles. The summed E-state index contributed by atoms with van der Waals surface area (Å²) in [4.78, 5) is 0. The highest BCUT2D eigenvalue weighted by Gasteiger charge is 2.30. The van der Waals surface area contributed by atoms with Crippen LogP contribution in [-0.2, 0) is 4.74 Å². The SMILES string of the molecule is COC(NCC(F)(F)F)C(N)C(C)C. The number of ether oxygens (including phenoxy) is 1. The van der Waals surface area contributed by atoms with Crippen LogP contribution in [0.2, 0.25) is 0 Å². The minimum atomic E-state index is -4.24. The Labute approximate surface area is 81.8 Å². The summed E-state index contributed by atoms with van der Waals surface area (Å²) >= 11 is 0. The summed E-state index contributed by atoms with van der Waals surface area (Å²) in [5, 5.41) is 2.22. The number of rotatable bonds is 5. The van der Waals surface area contributed by atoms with Crippen molar-refractivity contribution in [3.05, 3.63) is 0 Å². The predicted molar refractivity (Wildman–Crippen MR) is 47.7 cm³/mol. The maximum Gasteiger partial charge on any atom is 0.401 e. The topological polar surface area (TPSA) is 47.3 Å². The fourth-order valence-corrected chi connectivity index (χ4v) is 0.942. The molecule has 6 heteroatoms. The lowest BCUT2D eigenvalue weighted by atomic mass is 10.0. The molecule has 3 N–H and O–H groups in total. The van der Waals surface area contributed by atoms with E-state index in [1.165, 1.54) is 7.11 Å². The summed E-state index contributed by atoms with van der Waals surface area (Å²) in [7, 11) is 1.33. The van der Waals surface area contributed by atoms with Crippen molar-refractivity contribution in [3.63, 3.8) is 0 Å². The molecule has 0 aliphatic carbocycles. The summed E-state index contributed by atoms with van der Waals surface area (Å²) in [5.74, 6) is 0.0562. The van der Waals surface area contributed by atoms with E-state index in [2.05, 4.69) is 5.32 Å². The number of methoxy groups -OCH3 is 1. The minimum Gasteiger partial charge on any atom is -0.365 e. The summed E-state index contributed by atoms with van der Waals surface area (Å²) in [6, 6.07) is -0.456. The lowest BCUT2D eigenvalue weighted by Gasteiger charge is -2.26. The van der Waals surface area contributed by atoms with Crippen LogP contribution < -0.4 is 11.1 Å². The van der Waals surface area contributed by atoms with E-state index in [-0.39, 0.29) is 5.92 Å². The Morgan fingerprint density at radius 2 is 1.86 bits per heavy atom. The number of hydrogen-bond acceptors (Lipinski definition) is 3. The molecule has 0 fully saturated rings. The molecule has 0 aromatic heterocycles. The fourth-order valence-electron chi connectivity index (χ4n) is 0.942. The highest BCUT2D eigenvalue weighted by Crippen LogP contribution is 2.13. The minimum absolute atomic E-state index is 0.0562. The van der Waals surface area contributed by atoms with Crippen molar-refractivity contribution >= 4 is 0 Å². The molecule has 14 heavy (non-hydrogen) atoms. The van der Waals surface area contributed by atoms with Gasteiger partial charge in [-0.15, -0.1) is 0 Å². The van der Waals surface area contributed by atoms with Gasteiger partial charge in [0.05, 0.1) is 6.54 Å². The molecule has 0 amide bonds. The van der Waals surface area contributed by atoms with Crippen LogP contribution in [0.4, 0.5) is 13.2 Å². The second-order valence-corrected chi connectivity index (χ2v) is 3.47. The fraction of sp³-hybridized carbons (Fsp3) is 1.00. The van der Waals surface area contributed by atoms with Gasteiger partial charge in [-0.2, -0.15) is 13.2 Å². The molecule has 86 valence electrons. The van der Waals surface area contributed by atoms with Gasteiger partial charge in [0.25, 0.3) is 0 Å². The van der Waals surface area contributed by atoms with Gasteiger partial charge in [0.1, 0.15) is 6.23 Å². The van der Waals surface area contributed by atoms with Crippen LogP contribution in [0.1, 0.15) is 13.8 Å². The van der Waals surface area contributed by atoms with Crippen LogP contribution in [-0.4, -0.2) is 32.1 Å². The first kappa shape index (κ1) is 13.7. The van der Waals surface area contributed by atoms with Crippen LogP contribution in [0, 0.1) is 5.92 Å². The molecule has 0 radical (unpaired) electrons. The van der Waals surface area contributed by atoms with Crippen molar-refractivity contribution in [1.82, 2.24) is 5.32 Å². The van der Waals surface area contributed by atoms with E-state index in [1.807, 2.05) is 13.8 Å². The van der Waals surface area contributed by atoms with Gasteiger partial charge in [0, 0.05) is 13.2 Å². The second kappa shape index (κ2) is 5.53. The third-order valence-electron chi connectivity index (χ3n) is 1.88. The number of halogens is 3. The molecule has 0 aliphatic heterocycles. The Morgan fingerprint density at radius 1 is 1.36 bits per heavy atom. The average Bonchev–Trinajstić information content (AvgIpc) is 2.02. The normalized spacial score (nSPS) is 17.1. The zero-order valence-corrected chi connectivity index (χ0v) is 8.56. The Hall–Kier alpha value is -0.330. The molecule has 0 aliphatic rings. The highest BCUT2D eigenvalue weighted by molar-refractivity contribution is 4.75. The van der Waals surface area contributed by atoms with Crippen LogP contribution >= 0.6 is 0 Å². The van der Waals surface area contributed by atoms with Crippen LogP contribution in [0.25, 0.3) is 0 Å². The van der Waals surface area contributed by atoms with E-state index in [4.69, 9.17) is 10.5 Å². The van der Waals surface area contributed by atoms with Crippen LogP contribution in [0.5, 0.6) is 0 Å². The number of alkyl halides is 3. The van der Waals surface area contributed by atoms with Crippen molar-refractivity contribution < 1.29 is 17.9 Å². The van der Waals surface area contributed by atoms with Gasteiger partial charge in [-0.1, -0.05) is 13.8 Å². The van der Waals surface area contributed by atoms with E-state index in [9.17, 15) is 13.2 Å². The van der Waals surface area contributed by atoms with E-state index < -0.39 is 25.0 Å². The van der Waals surface area contributed by atoms with Crippen molar-refractivity contribution in [1.29, 1.82) is 0 Å². The Bertz CT molecular complexity index is 161. The second-order valence-electron chi connectivity index (χ2n) is 3.47. The van der Waals surface area contributed by atoms with Gasteiger partial charge in [0.2, 0.25) is 0 Å². The quantitative estimate of drug-likeness (QED) is 0.673. The maximum absolute atomic E-state index is 11.9. The lowest BCUT2D eigenvalue weighted by molar-refractivity contribution is -0.134. The van der Waals surface area contributed by atoms with Gasteiger partial charge in [0.15, 0.2) is 0 Å². The first-order valence-electron chi connectivity index (χ1n) is 4.36. The van der Waals surface area contributed by atoms with Crippen molar-refractivity contribution in [3.8, 4) is 0 Å². The molecule has 0 aromatic carbocycles. The van der Waals surface area contributed by atoms with E-state index in [0.717, 1.165) is 0 Å². The predicted octanol–water partition coefficient (Wildman–Crippen LogP) is 1.09. The summed E-state index contributed by atoms with van der Waals surface area (Å²) in [6.45, 7) is 2.56. The smallest absolute Gasteiger partial charge is 0.365 e. The first-order chi connectivity index (χ1) is 6.28.